The lowest BCUT2D eigenvalue weighted by Gasteiger charge is -2.23. The van der Waals surface area contributed by atoms with Crippen LogP contribution < -0.4 is 20.5 Å². The lowest BCUT2D eigenvalue weighted by Crippen LogP contribution is -2.39. The molecule has 1 atom stereocenters. The molecule has 1 aromatic carbocycles. The molecule has 0 saturated heterocycles. The van der Waals surface area contributed by atoms with Crippen LogP contribution in [0.25, 0.3) is 0 Å². The third-order valence-electron chi connectivity index (χ3n) is 3.99. The van der Waals surface area contributed by atoms with Crippen LogP contribution >= 0.6 is 0 Å². The predicted molar refractivity (Wildman–Crippen MR) is 95.3 cm³/mol. The topological polar surface area (TPSA) is 72.1 Å². The second-order valence-corrected chi connectivity index (χ2v) is 5.56. The number of hydrogen-bond donors (Lipinski definition) is 2. The number of likely N-dealkylation sites (N-methyl/N-ethyl adjacent to an activating group) is 1. The second kappa shape index (κ2) is 9.94. The Morgan fingerprint density at radius 3 is 2.61 bits per heavy atom. The summed E-state index contributed by atoms with van der Waals surface area (Å²) in [5.74, 6) is 1.86. The van der Waals surface area contributed by atoms with Crippen molar-refractivity contribution in [3.05, 3.63) is 23.8 Å². The smallest absolute Gasteiger partial charge is 0.188 e. The van der Waals surface area contributed by atoms with Crippen molar-refractivity contribution >= 4 is 5.96 Å². The molecule has 0 spiro atoms. The van der Waals surface area contributed by atoms with Crippen LogP contribution in [0.5, 0.6) is 11.5 Å². The van der Waals surface area contributed by atoms with Gasteiger partial charge in [0.1, 0.15) is 0 Å². The maximum absolute atomic E-state index is 5.91. The summed E-state index contributed by atoms with van der Waals surface area (Å²) in [5.41, 5.74) is 6.93. The summed E-state index contributed by atoms with van der Waals surface area (Å²) in [5, 5.41) is 3.14. The number of aliphatic imine (C=N–C) groups is 1. The van der Waals surface area contributed by atoms with Crippen LogP contribution in [0.4, 0.5) is 0 Å². The molecule has 1 unspecified atom stereocenters. The van der Waals surface area contributed by atoms with E-state index in [-0.39, 0.29) is 0 Å². The minimum Gasteiger partial charge on any atom is -0.493 e. The molecular weight excluding hydrogens is 292 g/mol. The van der Waals surface area contributed by atoms with Gasteiger partial charge >= 0.3 is 0 Å². The van der Waals surface area contributed by atoms with Crippen LogP contribution in [-0.2, 0) is 6.54 Å². The number of nitrogens with two attached hydrogens (primary N) is 1. The zero-order chi connectivity index (χ0) is 17.2. The van der Waals surface area contributed by atoms with Crippen molar-refractivity contribution in [3.63, 3.8) is 0 Å². The van der Waals surface area contributed by atoms with Crippen LogP contribution in [0.3, 0.4) is 0 Å². The van der Waals surface area contributed by atoms with Crippen LogP contribution in [0.1, 0.15) is 25.8 Å². The standard InChI is InChI=1S/C17H30N4O2/c1-6-13(2)21(3)10-9-19-17(18)20-12-14-7-8-15(22-4)16(11-14)23-5/h7-8,11,13H,6,9-10,12H2,1-5H3,(H3,18,19,20). The molecule has 6 heteroatoms. The van der Waals surface area contributed by atoms with Crippen LogP contribution in [0.15, 0.2) is 23.2 Å². The molecule has 0 heterocycles. The Kier molecular flexibility index (Phi) is 8.26. The summed E-state index contributed by atoms with van der Waals surface area (Å²) in [7, 11) is 5.36. The monoisotopic (exact) mass is 322 g/mol. The zero-order valence-corrected chi connectivity index (χ0v) is 14.9. The van der Waals surface area contributed by atoms with Gasteiger partial charge in [-0.15, -0.1) is 0 Å². The number of hydrogen-bond acceptors (Lipinski definition) is 4. The molecule has 0 aliphatic carbocycles. The maximum atomic E-state index is 5.91. The van der Waals surface area contributed by atoms with E-state index in [4.69, 9.17) is 15.2 Å². The van der Waals surface area contributed by atoms with Crippen molar-refractivity contribution in [2.75, 3.05) is 34.4 Å². The molecule has 0 aliphatic heterocycles. The molecule has 0 saturated carbocycles. The van der Waals surface area contributed by atoms with Gasteiger partial charge in [-0.25, -0.2) is 4.99 Å². The number of benzene rings is 1. The third kappa shape index (κ3) is 6.36. The van der Waals surface area contributed by atoms with Gasteiger partial charge in [-0.2, -0.15) is 0 Å². The highest BCUT2D eigenvalue weighted by Crippen LogP contribution is 2.27. The Morgan fingerprint density at radius 1 is 1.30 bits per heavy atom. The fourth-order valence-electron chi connectivity index (χ4n) is 2.10. The number of rotatable bonds is 9. The molecule has 6 nitrogen and oxygen atoms in total. The van der Waals surface area contributed by atoms with E-state index in [1.54, 1.807) is 14.2 Å². The number of nitrogens with one attached hydrogen (secondary N) is 1. The average molecular weight is 322 g/mol. The predicted octanol–water partition coefficient (Wildman–Crippen LogP) is 1.84. The molecule has 3 N–H and O–H groups in total. The Labute approximate surface area is 139 Å². The van der Waals surface area contributed by atoms with Gasteiger partial charge in [-0.1, -0.05) is 13.0 Å². The molecule has 0 aromatic heterocycles. The summed E-state index contributed by atoms with van der Waals surface area (Å²) in [6.07, 6.45) is 1.14. The highest BCUT2D eigenvalue weighted by Gasteiger charge is 2.06. The van der Waals surface area contributed by atoms with Crippen LogP contribution in [0, 0.1) is 0 Å². The number of ether oxygens (including phenoxy) is 2. The number of guanidine groups is 1. The summed E-state index contributed by atoms with van der Waals surface area (Å²) < 4.78 is 10.5. The van der Waals surface area contributed by atoms with E-state index < -0.39 is 0 Å². The van der Waals surface area contributed by atoms with Gasteiger partial charge in [0.2, 0.25) is 0 Å². The fourth-order valence-corrected chi connectivity index (χ4v) is 2.10. The Hall–Kier alpha value is -1.95. The van der Waals surface area contributed by atoms with Crippen molar-refractivity contribution in [2.24, 2.45) is 10.7 Å². The van der Waals surface area contributed by atoms with Crippen molar-refractivity contribution in [1.29, 1.82) is 0 Å². The first-order valence-electron chi connectivity index (χ1n) is 7.96. The average Bonchev–Trinajstić information content (AvgIpc) is 2.58. The minimum absolute atomic E-state index is 0.456. The quantitative estimate of drug-likeness (QED) is 0.536. The fraction of sp³-hybridized carbons (Fsp3) is 0.588. The van der Waals surface area contributed by atoms with Gasteiger partial charge in [0.15, 0.2) is 17.5 Å². The minimum atomic E-state index is 0.456. The van der Waals surface area contributed by atoms with E-state index in [9.17, 15) is 0 Å². The zero-order valence-electron chi connectivity index (χ0n) is 14.9. The summed E-state index contributed by atoms with van der Waals surface area (Å²) in [4.78, 5) is 6.66. The van der Waals surface area contributed by atoms with Crippen molar-refractivity contribution < 1.29 is 9.47 Å². The Morgan fingerprint density at radius 2 is 2.00 bits per heavy atom. The maximum Gasteiger partial charge on any atom is 0.188 e. The second-order valence-electron chi connectivity index (χ2n) is 5.56. The van der Waals surface area contributed by atoms with E-state index in [2.05, 4.69) is 36.1 Å². The largest absolute Gasteiger partial charge is 0.493 e. The van der Waals surface area contributed by atoms with Crippen molar-refractivity contribution in [1.82, 2.24) is 10.2 Å². The van der Waals surface area contributed by atoms with Gasteiger partial charge in [0.25, 0.3) is 0 Å². The molecule has 0 bridgehead atoms. The van der Waals surface area contributed by atoms with Gasteiger partial charge in [-0.05, 0) is 38.1 Å². The molecule has 0 amide bonds. The third-order valence-corrected chi connectivity index (χ3v) is 3.99. The SMILES string of the molecule is CCC(C)N(C)CCNC(N)=NCc1ccc(OC)c(OC)c1. The first kappa shape index (κ1) is 19.1. The normalized spacial score (nSPS) is 13.0. The molecule has 0 fully saturated rings. The molecule has 0 aliphatic rings. The summed E-state index contributed by atoms with van der Waals surface area (Å²) in [6.45, 7) is 6.62. The lowest BCUT2D eigenvalue weighted by molar-refractivity contribution is 0.256. The van der Waals surface area contributed by atoms with Gasteiger partial charge in [0.05, 0.1) is 20.8 Å². The van der Waals surface area contributed by atoms with Gasteiger partial charge in [-0.3, -0.25) is 0 Å². The van der Waals surface area contributed by atoms with E-state index in [0.717, 1.165) is 25.1 Å². The van der Waals surface area contributed by atoms with E-state index in [1.165, 1.54) is 0 Å². The molecule has 1 rings (SSSR count). The molecular formula is C17H30N4O2. The molecule has 0 radical (unpaired) electrons. The molecule has 130 valence electrons. The van der Waals surface area contributed by atoms with Crippen LogP contribution in [0.2, 0.25) is 0 Å². The Balaban J connectivity index is 2.47. The molecule has 1 aromatic rings. The highest BCUT2D eigenvalue weighted by atomic mass is 16.5. The number of methoxy groups -OCH3 is 2. The van der Waals surface area contributed by atoms with Gasteiger partial charge < -0.3 is 25.4 Å². The van der Waals surface area contributed by atoms with Crippen LogP contribution in [-0.4, -0.2) is 51.3 Å². The summed E-state index contributed by atoms with van der Waals surface area (Å²) >= 11 is 0. The first-order valence-corrected chi connectivity index (χ1v) is 7.96. The first-order chi connectivity index (χ1) is 11.0. The number of nitrogens with zero attached hydrogens (tertiary/aromatic N) is 2. The van der Waals surface area contributed by atoms with E-state index in [0.29, 0.717) is 30.0 Å². The summed E-state index contributed by atoms with van der Waals surface area (Å²) in [6, 6.07) is 6.30. The van der Waals surface area contributed by atoms with Gasteiger partial charge in [0, 0.05) is 19.1 Å². The van der Waals surface area contributed by atoms with Crippen molar-refractivity contribution in [2.45, 2.75) is 32.9 Å². The lowest BCUT2D eigenvalue weighted by atomic mass is 10.2. The van der Waals surface area contributed by atoms with E-state index >= 15 is 0 Å². The Bertz CT molecular complexity index is 505. The molecule has 23 heavy (non-hydrogen) atoms. The van der Waals surface area contributed by atoms with Crippen molar-refractivity contribution in [3.8, 4) is 11.5 Å². The van der Waals surface area contributed by atoms with E-state index in [1.807, 2.05) is 18.2 Å². The highest BCUT2D eigenvalue weighted by molar-refractivity contribution is 5.77.